The van der Waals surface area contributed by atoms with E-state index >= 15 is 0 Å². The SMILES string of the molecule is N/C(=N/O)c1ccc(OCC2CCCC2)cn1. The van der Waals surface area contributed by atoms with Gasteiger partial charge in [-0.25, -0.2) is 4.98 Å². The number of rotatable bonds is 4. The molecule has 0 aromatic carbocycles. The molecule has 5 nitrogen and oxygen atoms in total. The summed E-state index contributed by atoms with van der Waals surface area (Å²) >= 11 is 0. The maximum atomic E-state index is 8.50. The van der Waals surface area contributed by atoms with Crippen LogP contribution in [0.25, 0.3) is 0 Å². The van der Waals surface area contributed by atoms with Gasteiger partial charge in [0.2, 0.25) is 0 Å². The van der Waals surface area contributed by atoms with Crippen molar-refractivity contribution in [1.82, 2.24) is 4.98 Å². The Morgan fingerprint density at radius 3 is 2.82 bits per heavy atom. The van der Waals surface area contributed by atoms with E-state index in [4.69, 9.17) is 15.7 Å². The van der Waals surface area contributed by atoms with Gasteiger partial charge in [0.05, 0.1) is 12.8 Å². The van der Waals surface area contributed by atoms with Crippen LogP contribution in [0.15, 0.2) is 23.5 Å². The van der Waals surface area contributed by atoms with Gasteiger partial charge in [-0.1, -0.05) is 18.0 Å². The highest BCUT2D eigenvalue weighted by Gasteiger charge is 2.15. The van der Waals surface area contributed by atoms with Crippen molar-refractivity contribution in [3.63, 3.8) is 0 Å². The molecule has 1 aromatic rings. The number of hydrogen-bond acceptors (Lipinski definition) is 4. The molecule has 1 aliphatic rings. The lowest BCUT2D eigenvalue weighted by Gasteiger charge is -2.11. The van der Waals surface area contributed by atoms with Gasteiger partial charge >= 0.3 is 0 Å². The molecule has 0 spiro atoms. The lowest BCUT2D eigenvalue weighted by atomic mass is 10.1. The minimum absolute atomic E-state index is 0.00680. The topological polar surface area (TPSA) is 80.7 Å². The average Bonchev–Trinajstić information content (AvgIpc) is 2.89. The summed E-state index contributed by atoms with van der Waals surface area (Å²) in [5.74, 6) is 1.41. The molecule has 0 atom stereocenters. The molecule has 1 saturated carbocycles. The fourth-order valence-electron chi connectivity index (χ4n) is 2.06. The normalized spacial score (nSPS) is 17.3. The van der Waals surface area contributed by atoms with Crippen LogP contribution in [-0.2, 0) is 0 Å². The Hall–Kier alpha value is -1.78. The van der Waals surface area contributed by atoms with Gasteiger partial charge in [0, 0.05) is 0 Å². The number of nitrogens with two attached hydrogens (primary N) is 1. The van der Waals surface area contributed by atoms with Crippen molar-refractivity contribution in [2.75, 3.05) is 6.61 Å². The predicted molar refractivity (Wildman–Crippen MR) is 64.2 cm³/mol. The van der Waals surface area contributed by atoms with Crippen molar-refractivity contribution >= 4 is 5.84 Å². The van der Waals surface area contributed by atoms with Crippen molar-refractivity contribution in [3.05, 3.63) is 24.0 Å². The van der Waals surface area contributed by atoms with Crippen LogP contribution in [0.4, 0.5) is 0 Å². The van der Waals surface area contributed by atoms with Gasteiger partial charge in [-0.3, -0.25) is 0 Å². The molecule has 3 N–H and O–H groups in total. The molecule has 17 heavy (non-hydrogen) atoms. The number of amidine groups is 1. The van der Waals surface area contributed by atoms with E-state index in [1.807, 2.05) is 0 Å². The zero-order chi connectivity index (χ0) is 12.1. The summed E-state index contributed by atoms with van der Waals surface area (Å²) in [6, 6.07) is 3.47. The standard InChI is InChI=1S/C12H17N3O2/c13-12(15-16)11-6-5-10(7-14-11)17-8-9-3-1-2-4-9/h5-7,9,16H,1-4,8H2,(H2,13,15). The third-order valence-electron chi connectivity index (χ3n) is 3.07. The number of pyridine rings is 1. The first-order valence-corrected chi connectivity index (χ1v) is 5.86. The highest BCUT2D eigenvalue weighted by atomic mass is 16.5. The summed E-state index contributed by atoms with van der Waals surface area (Å²) < 4.78 is 5.65. The summed E-state index contributed by atoms with van der Waals surface area (Å²) in [4.78, 5) is 4.05. The lowest BCUT2D eigenvalue weighted by molar-refractivity contribution is 0.251. The van der Waals surface area contributed by atoms with Gasteiger partial charge in [-0.2, -0.15) is 0 Å². The van der Waals surface area contributed by atoms with E-state index in [9.17, 15) is 0 Å². The Morgan fingerprint density at radius 2 is 2.24 bits per heavy atom. The van der Waals surface area contributed by atoms with Gasteiger partial charge in [0.1, 0.15) is 11.4 Å². The van der Waals surface area contributed by atoms with Crippen LogP contribution in [0.1, 0.15) is 31.4 Å². The Balaban J connectivity index is 1.89. The first kappa shape index (κ1) is 11.7. The second kappa shape index (κ2) is 5.52. The fraction of sp³-hybridized carbons (Fsp3) is 0.500. The first-order chi connectivity index (χ1) is 8.29. The number of oxime groups is 1. The van der Waals surface area contributed by atoms with E-state index in [-0.39, 0.29) is 5.84 Å². The third kappa shape index (κ3) is 3.09. The van der Waals surface area contributed by atoms with Crippen molar-refractivity contribution in [2.24, 2.45) is 16.8 Å². The molecule has 1 heterocycles. The maximum Gasteiger partial charge on any atom is 0.188 e. The van der Waals surface area contributed by atoms with E-state index in [1.54, 1.807) is 18.3 Å². The van der Waals surface area contributed by atoms with Crippen LogP contribution in [0.3, 0.4) is 0 Å². The Bertz CT molecular complexity index is 383. The summed E-state index contributed by atoms with van der Waals surface area (Å²) in [6.07, 6.45) is 6.75. The minimum atomic E-state index is 0.00680. The van der Waals surface area contributed by atoms with Crippen LogP contribution < -0.4 is 10.5 Å². The summed E-state index contributed by atoms with van der Waals surface area (Å²) in [7, 11) is 0. The molecule has 0 unspecified atom stereocenters. The van der Waals surface area contributed by atoms with Gasteiger partial charge in [-0.15, -0.1) is 0 Å². The van der Waals surface area contributed by atoms with Gasteiger partial charge in [-0.05, 0) is 30.9 Å². The molecule has 92 valence electrons. The molecule has 5 heteroatoms. The molecule has 1 fully saturated rings. The second-order valence-corrected chi connectivity index (χ2v) is 4.33. The van der Waals surface area contributed by atoms with E-state index in [0.29, 0.717) is 11.6 Å². The number of ether oxygens (including phenoxy) is 1. The third-order valence-corrected chi connectivity index (χ3v) is 3.07. The predicted octanol–water partition coefficient (Wildman–Crippen LogP) is 1.75. The zero-order valence-electron chi connectivity index (χ0n) is 9.67. The quantitative estimate of drug-likeness (QED) is 0.360. The Kier molecular flexibility index (Phi) is 3.80. The Morgan fingerprint density at radius 1 is 1.47 bits per heavy atom. The summed E-state index contributed by atoms with van der Waals surface area (Å²) in [5, 5.41) is 11.4. The highest BCUT2D eigenvalue weighted by molar-refractivity contribution is 5.95. The lowest BCUT2D eigenvalue weighted by Crippen LogP contribution is -2.15. The van der Waals surface area contributed by atoms with Crippen LogP contribution >= 0.6 is 0 Å². The molecule has 0 amide bonds. The molecule has 0 aliphatic heterocycles. The summed E-state index contributed by atoms with van der Waals surface area (Å²) in [6.45, 7) is 0.755. The van der Waals surface area contributed by atoms with Crippen molar-refractivity contribution in [2.45, 2.75) is 25.7 Å². The fourth-order valence-corrected chi connectivity index (χ4v) is 2.06. The molecule has 2 rings (SSSR count). The number of hydrogen-bond donors (Lipinski definition) is 2. The molecule has 0 radical (unpaired) electrons. The van der Waals surface area contributed by atoms with E-state index in [0.717, 1.165) is 12.4 Å². The Labute approximate surface area is 100 Å². The van der Waals surface area contributed by atoms with E-state index in [1.165, 1.54) is 25.7 Å². The van der Waals surface area contributed by atoms with E-state index in [2.05, 4.69) is 10.1 Å². The molecular formula is C12H17N3O2. The smallest absolute Gasteiger partial charge is 0.188 e. The second-order valence-electron chi connectivity index (χ2n) is 4.33. The van der Waals surface area contributed by atoms with Crippen LogP contribution in [0.5, 0.6) is 5.75 Å². The monoisotopic (exact) mass is 235 g/mol. The van der Waals surface area contributed by atoms with E-state index < -0.39 is 0 Å². The minimum Gasteiger partial charge on any atom is -0.492 e. The van der Waals surface area contributed by atoms with Crippen molar-refractivity contribution in [3.8, 4) is 5.75 Å². The van der Waals surface area contributed by atoms with Crippen LogP contribution in [0.2, 0.25) is 0 Å². The van der Waals surface area contributed by atoms with Gasteiger partial charge in [0.25, 0.3) is 0 Å². The largest absolute Gasteiger partial charge is 0.492 e. The molecule has 0 saturated heterocycles. The van der Waals surface area contributed by atoms with Gasteiger partial charge in [0.15, 0.2) is 5.84 Å². The van der Waals surface area contributed by atoms with Crippen molar-refractivity contribution in [1.29, 1.82) is 0 Å². The van der Waals surface area contributed by atoms with Gasteiger partial charge < -0.3 is 15.7 Å². The first-order valence-electron chi connectivity index (χ1n) is 5.86. The highest BCUT2D eigenvalue weighted by Crippen LogP contribution is 2.25. The molecular weight excluding hydrogens is 218 g/mol. The molecule has 0 bridgehead atoms. The van der Waals surface area contributed by atoms with Crippen LogP contribution in [-0.4, -0.2) is 22.6 Å². The summed E-state index contributed by atoms with van der Waals surface area (Å²) in [5.41, 5.74) is 5.86. The zero-order valence-corrected chi connectivity index (χ0v) is 9.67. The molecule has 1 aliphatic carbocycles. The average molecular weight is 235 g/mol. The number of aromatic nitrogens is 1. The maximum absolute atomic E-state index is 8.50. The molecule has 1 aromatic heterocycles. The van der Waals surface area contributed by atoms with Crippen molar-refractivity contribution < 1.29 is 9.94 Å². The van der Waals surface area contributed by atoms with Crippen LogP contribution in [0, 0.1) is 5.92 Å². The number of nitrogens with zero attached hydrogens (tertiary/aromatic N) is 2.